The van der Waals surface area contributed by atoms with Gasteiger partial charge >= 0.3 is 6.18 Å². The summed E-state index contributed by atoms with van der Waals surface area (Å²) in [7, 11) is 0. The summed E-state index contributed by atoms with van der Waals surface area (Å²) in [5.41, 5.74) is 11.6. The van der Waals surface area contributed by atoms with Crippen molar-refractivity contribution in [3.63, 3.8) is 0 Å². The van der Waals surface area contributed by atoms with Gasteiger partial charge in [0.15, 0.2) is 0 Å². The molecule has 4 rings (SSSR count). The highest BCUT2D eigenvalue weighted by Gasteiger charge is 2.26. The molecule has 34 heavy (non-hydrogen) atoms. The molecule has 4 aromatic rings. The third kappa shape index (κ3) is 6.04. The molecule has 3 aromatic carbocycles. The van der Waals surface area contributed by atoms with Crippen LogP contribution in [0.5, 0.6) is 0 Å². The average Bonchev–Trinajstić information content (AvgIpc) is 3.17. The smallest absolute Gasteiger partial charge is 0.389 e. The van der Waals surface area contributed by atoms with E-state index in [4.69, 9.17) is 18.0 Å². The van der Waals surface area contributed by atoms with Crippen molar-refractivity contribution in [2.75, 3.05) is 0 Å². The average molecular weight is 482 g/mol. The number of thiocarbonyl (C=S) groups is 1. The van der Waals surface area contributed by atoms with E-state index in [0.29, 0.717) is 11.5 Å². The molecule has 0 aliphatic carbocycles. The number of nitrogens with one attached hydrogen (secondary N) is 1. The van der Waals surface area contributed by atoms with Gasteiger partial charge in [0.2, 0.25) is 0 Å². The van der Waals surface area contributed by atoms with Crippen LogP contribution in [0, 0.1) is 0 Å². The first-order valence-electron chi connectivity index (χ1n) is 11.1. The molecule has 0 unspecified atom stereocenters. The van der Waals surface area contributed by atoms with Gasteiger partial charge in [-0.25, -0.2) is 0 Å². The summed E-state index contributed by atoms with van der Waals surface area (Å²) in [5, 5.41) is 4.42. The lowest BCUT2D eigenvalue weighted by atomic mass is 10.0. The van der Waals surface area contributed by atoms with E-state index >= 15 is 0 Å². The molecule has 0 saturated heterocycles. The Bertz CT molecular complexity index is 1280. The molecule has 0 amide bonds. The van der Waals surface area contributed by atoms with Crippen LogP contribution in [0.1, 0.15) is 29.5 Å². The summed E-state index contributed by atoms with van der Waals surface area (Å²) in [4.78, 5) is 0.308. The van der Waals surface area contributed by atoms with Crippen LogP contribution in [0.25, 0.3) is 22.0 Å². The monoisotopic (exact) mass is 481 g/mol. The van der Waals surface area contributed by atoms with E-state index in [1.807, 2.05) is 59.3 Å². The zero-order chi connectivity index (χ0) is 24.1. The SMILES string of the molecule is NC(=S)c1cccc(-c2cn(CCCC(F)(F)F)c3cc(CNCc4ccccc4)ccc23)c1. The maximum atomic E-state index is 12.8. The maximum Gasteiger partial charge on any atom is 0.389 e. The molecule has 0 aliphatic heterocycles. The predicted molar refractivity (Wildman–Crippen MR) is 136 cm³/mol. The molecule has 0 radical (unpaired) electrons. The molecule has 1 heterocycles. The molecule has 7 heteroatoms. The highest BCUT2D eigenvalue weighted by molar-refractivity contribution is 7.80. The van der Waals surface area contributed by atoms with Crippen molar-refractivity contribution < 1.29 is 13.2 Å². The fourth-order valence-corrected chi connectivity index (χ4v) is 4.23. The van der Waals surface area contributed by atoms with E-state index in [1.54, 1.807) is 0 Å². The highest BCUT2D eigenvalue weighted by Crippen LogP contribution is 2.33. The Hall–Kier alpha value is -3.16. The lowest BCUT2D eigenvalue weighted by molar-refractivity contribution is -0.135. The second-order valence-corrected chi connectivity index (χ2v) is 8.78. The van der Waals surface area contributed by atoms with Crippen molar-refractivity contribution in [1.29, 1.82) is 0 Å². The van der Waals surface area contributed by atoms with Crippen LogP contribution in [0.4, 0.5) is 13.2 Å². The van der Waals surface area contributed by atoms with Crippen molar-refractivity contribution in [3.8, 4) is 11.1 Å². The summed E-state index contributed by atoms with van der Waals surface area (Å²) in [5.74, 6) is 0. The van der Waals surface area contributed by atoms with Gasteiger partial charge in [-0.05, 0) is 35.2 Å². The second-order valence-electron chi connectivity index (χ2n) is 8.34. The number of nitrogens with zero attached hydrogens (tertiary/aromatic N) is 1. The summed E-state index contributed by atoms with van der Waals surface area (Å²) < 4.78 is 40.2. The van der Waals surface area contributed by atoms with Crippen molar-refractivity contribution >= 4 is 28.1 Å². The molecule has 3 nitrogen and oxygen atoms in total. The first kappa shape index (κ1) is 24.0. The zero-order valence-electron chi connectivity index (χ0n) is 18.6. The number of nitrogens with two attached hydrogens (primary N) is 1. The number of fused-ring (bicyclic) bond motifs is 1. The second kappa shape index (κ2) is 10.4. The first-order valence-corrected chi connectivity index (χ1v) is 11.5. The van der Waals surface area contributed by atoms with E-state index < -0.39 is 12.6 Å². The van der Waals surface area contributed by atoms with Gasteiger partial charge in [0.05, 0.1) is 0 Å². The number of hydrogen-bond acceptors (Lipinski definition) is 2. The van der Waals surface area contributed by atoms with Gasteiger partial charge in [0, 0.05) is 54.3 Å². The standard InChI is InChI=1S/C27H26F3N3S/c28-27(29,30)12-5-13-33-18-24(21-8-4-9-22(15-21)26(31)34)23-11-10-20(14-25(23)33)17-32-16-19-6-2-1-3-7-19/h1-4,6-11,14-15,18,32H,5,12-13,16-17H2,(H2,31,34). The molecular weight excluding hydrogens is 455 g/mol. The Morgan fingerprint density at radius 3 is 2.41 bits per heavy atom. The quantitative estimate of drug-likeness (QED) is 0.266. The van der Waals surface area contributed by atoms with Gasteiger partial charge in [-0.3, -0.25) is 0 Å². The van der Waals surface area contributed by atoms with Crippen molar-refractivity contribution in [3.05, 3.63) is 95.7 Å². The van der Waals surface area contributed by atoms with E-state index in [9.17, 15) is 13.2 Å². The van der Waals surface area contributed by atoms with Crippen LogP contribution in [0.2, 0.25) is 0 Å². The predicted octanol–water partition coefficient (Wildman–Crippen LogP) is 6.57. The normalized spacial score (nSPS) is 11.7. The molecule has 176 valence electrons. The number of aryl methyl sites for hydroxylation is 1. The minimum absolute atomic E-state index is 0.0239. The van der Waals surface area contributed by atoms with Crippen molar-refractivity contribution in [2.24, 2.45) is 5.73 Å². The summed E-state index contributed by atoms with van der Waals surface area (Å²) in [6.45, 7) is 1.68. The minimum atomic E-state index is -4.16. The summed E-state index contributed by atoms with van der Waals surface area (Å²) in [6.07, 6.45) is -3.02. The number of alkyl halides is 3. The number of benzene rings is 3. The lowest BCUT2D eigenvalue weighted by Crippen LogP contribution is -2.12. The van der Waals surface area contributed by atoms with Gasteiger partial charge in [0.25, 0.3) is 0 Å². The maximum absolute atomic E-state index is 12.8. The van der Waals surface area contributed by atoms with E-state index in [1.165, 1.54) is 5.56 Å². The van der Waals surface area contributed by atoms with Crippen molar-refractivity contribution in [2.45, 2.75) is 38.7 Å². The van der Waals surface area contributed by atoms with Gasteiger partial charge in [-0.15, -0.1) is 0 Å². The Kier molecular flexibility index (Phi) is 7.34. The molecular formula is C27H26F3N3S. The van der Waals surface area contributed by atoms with Crippen LogP contribution < -0.4 is 11.1 Å². The number of aromatic nitrogens is 1. The van der Waals surface area contributed by atoms with E-state index in [-0.39, 0.29) is 13.0 Å². The fourth-order valence-electron chi connectivity index (χ4n) is 4.10. The topological polar surface area (TPSA) is 43.0 Å². The Labute approximate surface area is 202 Å². The number of halogens is 3. The zero-order valence-corrected chi connectivity index (χ0v) is 19.4. The van der Waals surface area contributed by atoms with Gasteiger partial charge < -0.3 is 15.6 Å². The Morgan fingerprint density at radius 2 is 1.68 bits per heavy atom. The van der Waals surface area contributed by atoms with Gasteiger partial charge in [0.1, 0.15) is 4.99 Å². The molecule has 0 spiro atoms. The van der Waals surface area contributed by atoms with E-state index in [2.05, 4.69) is 29.6 Å². The molecule has 0 bridgehead atoms. The molecule has 0 saturated carbocycles. The molecule has 0 fully saturated rings. The van der Waals surface area contributed by atoms with Crippen molar-refractivity contribution in [1.82, 2.24) is 9.88 Å². The molecule has 3 N–H and O–H groups in total. The van der Waals surface area contributed by atoms with Crippen LogP contribution in [0.3, 0.4) is 0 Å². The summed E-state index contributed by atoms with van der Waals surface area (Å²) >= 11 is 5.12. The van der Waals surface area contributed by atoms with Gasteiger partial charge in [-0.1, -0.05) is 72.9 Å². The number of rotatable bonds is 9. The third-order valence-electron chi connectivity index (χ3n) is 5.77. The van der Waals surface area contributed by atoms with Crippen LogP contribution in [0.15, 0.2) is 79.0 Å². The summed E-state index contributed by atoms with van der Waals surface area (Å²) in [6, 6.07) is 23.9. The largest absolute Gasteiger partial charge is 0.389 e. The lowest BCUT2D eigenvalue weighted by Gasteiger charge is -2.09. The molecule has 0 atom stereocenters. The van der Waals surface area contributed by atoms with E-state index in [0.717, 1.165) is 39.7 Å². The third-order valence-corrected chi connectivity index (χ3v) is 6.00. The van der Waals surface area contributed by atoms with Crippen LogP contribution >= 0.6 is 12.2 Å². The van der Waals surface area contributed by atoms with Gasteiger partial charge in [-0.2, -0.15) is 13.2 Å². The molecule has 1 aromatic heterocycles. The number of hydrogen-bond donors (Lipinski definition) is 2. The molecule has 0 aliphatic rings. The highest BCUT2D eigenvalue weighted by atomic mass is 32.1. The minimum Gasteiger partial charge on any atom is -0.389 e. The first-order chi connectivity index (χ1) is 16.3. The Morgan fingerprint density at radius 1 is 0.912 bits per heavy atom. The van der Waals surface area contributed by atoms with Crippen LogP contribution in [-0.2, 0) is 19.6 Å². The Balaban J connectivity index is 1.63. The fraction of sp³-hybridized carbons (Fsp3) is 0.222. The van der Waals surface area contributed by atoms with Crippen LogP contribution in [-0.4, -0.2) is 15.7 Å².